The summed E-state index contributed by atoms with van der Waals surface area (Å²) in [6, 6.07) is 103. The maximum absolute atomic E-state index is 14.3. The van der Waals surface area contributed by atoms with Crippen LogP contribution in [-0.2, 0) is 65.0 Å². The molecule has 678 valence electrons. The van der Waals surface area contributed by atoms with Gasteiger partial charge in [-0.3, -0.25) is 22.7 Å². The smallest absolute Gasteiger partial charge is 0.212 e. The highest BCUT2D eigenvalue weighted by Crippen LogP contribution is 2.51. The van der Waals surface area contributed by atoms with E-state index < -0.39 is 45.4 Å². The standard InChI is InChI=1S/C33H24N2O2S.C31H21N3O2S.C29H19N5O2S.C23H18N2O2S/c1-2-31-34-28-21-20-27(33-32(28)35(31)29-10-6-7-11-30(29)38(33,36)37)26-18-16-25(17-19-26)24-14-12-23(13-15-24)22-8-4-3-5-9-22;1-2-28-32-22-16-18-26(31-30(22)34(28)24-13-7-8-14-27(24)37(31,35)36)33-23-12-6-5-11-21(23)29-20-10-4-3-9-19(20)15-17-25(29)33;1-2-25-30-21-16-15-18(27-26(21)33(25)23-13-7-8-14-24(23)37(27,35)36)29-31-19-10-4-3-9-17(19)28-32-20-11-5-6-12-22(20)34(28)29;1-2-21-24-18-15-14-17(13-12-16-8-4-3-5-9-16)23-22(18)25(21)19-10-6-7-11-20(19)28(23,26)27/h3-21H,2H2,1H3;3-18H,2H2,1H3;3-16H,2H2,1H3;3-15H,2H2,1H3/b;;;13-12+/i3D,4D,5D,8D,9D;;;. The van der Waals surface area contributed by atoms with Crippen molar-refractivity contribution < 1.29 is 40.5 Å². The van der Waals surface area contributed by atoms with Gasteiger partial charge in [-0.25, -0.2) is 63.6 Å². The van der Waals surface area contributed by atoms with E-state index in [0.29, 0.717) is 139 Å². The van der Waals surface area contributed by atoms with E-state index in [-0.39, 0.29) is 49.3 Å². The molecule has 0 atom stereocenters. The van der Waals surface area contributed by atoms with Gasteiger partial charge in [0.25, 0.3) is 0 Å². The zero-order chi connectivity index (χ0) is 99.3. The summed E-state index contributed by atoms with van der Waals surface area (Å²) in [6.45, 7) is 8.12. The molecule has 0 bridgehead atoms. The van der Waals surface area contributed by atoms with Crippen LogP contribution >= 0.6 is 0 Å². The molecule has 0 saturated carbocycles. The van der Waals surface area contributed by atoms with Crippen molar-refractivity contribution in [1.82, 2.24) is 57.1 Å². The fourth-order valence-corrected chi connectivity index (χ4v) is 28.0. The molecule has 24 aromatic rings. The predicted octanol–water partition coefficient (Wildman–Crippen LogP) is 25.4. The van der Waals surface area contributed by atoms with Crippen LogP contribution < -0.4 is 0 Å². The number of hydrogen-bond acceptors (Lipinski definition) is 14. The molecule has 0 saturated heterocycles. The first-order chi connectivity index (χ1) is 70.4. The van der Waals surface area contributed by atoms with Crippen LogP contribution in [-0.4, -0.2) is 90.8 Å². The highest BCUT2D eigenvalue weighted by atomic mass is 32.2. The second-order valence-corrected chi connectivity index (χ2v) is 42.1. The number of benzene rings is 17. The number of para-hydroxylation sites is 8. The third-order valence-electron chi connectivity index (χ3n) is 26.9. The van der Waals surface area contributed by atoms with Gasteiger partial charge in [0.05, 0.1) is 127 Å². The molecular weight excluding hydrogens is 1820 g/mol. The van der Waals surface area contributed by atoms with E-state index in [0.717, 1.165) is 112 Å². The summed E-state index contributed by atoms with van der Waals surface area (Å²) in [5.74, 6) is 3.87. The maximum Gasteiger partial charge on any atom is 0.212 e. The topological polar surface area (TPSA) is 243 Å². The largest absolute Gasteiger partial charge is 0.308 e. The number of sulfone groups is 4. The van der Waals surface area contributed by atoms with Crippen molar-refractivity contribution in [2.24, 2.45) is 0 Å². The molecule has 0 N–H and O–H groups in total. The van der Waals surface area contributed by atoms with Crippen LogP contribution in [0, 0.1) is 0 Å². The van der Waals surface area contributed by atoms with Gasteiger partial charge in [-0.2, -0.15) is 0 Å². The molecule has 7 aromatic heterocycles. The molecule has 140 heavy (non-hydrogen) atoms. The van der Waals surface area contributed by atoms with Crippen molar-refractivity contribution in [3.8, 4) is 73.2 Å². The quantitative estimate of drug-likeness (QED) is 0.109. The molecule has 20 nitrogen and oxygen atoms in total. The lowest BCUT2D eigenvalue weighted by Crippen LogP contribution is -2.18. The lowest BCUT2D eigenvalue weighted by atomic mass is 9.98. The summed E-state index contributed by atoms with van der Waals surface area (Å²) in [5.41, 5.74) is 19.6. The Kier molecular flexibility index (Phi) is 18.5. The molecule has 4 aliphatic heterocycles. The molecular formula is C116H82N12O8S4. The van der Waals surface area contributed by atoms with Crippen LogP contribution in [0.1, 0.15) is 69.0 Å². The zero-order valence-corrected chi connectivity index (χ0v) is 78.8. The Morgan fingerprint density at radius 3 is 1.23 bits per heavy atom. The second kappa shape index (κ2) is 32.5. The summed E-state index contributed by atoms with van der Waals surface area (Å²) in [5, 5.41) is 5.43. The molecule has 4 aliphatic rings. The summed E-state index contributed by atoms with van der Waals surface area (Å²) in [7, 11) is -15.2. The van der Waals surface area contributed by atoms with E-state index in [1.807, 2.05) is 286 Å². The lowest BCUT2D eigenvalue weighted by molar-refractivity contribution is 0.592. The monoisotopic (exact) mass is 1900 g/mol. The van der Waals surface area contributed by atoms with Gasteiger partial charge >= 0.3 is 0 Å². The molecule has 0 unspecified atom stereocenters. The summed E-state index contributed by atoms with van der Waals surface area (Å²) in [4.78, 5) is 31.4. The SMILES string of the molecule is CCc1nc2ccc(-c3nc4ccccc4c4nc5ccccc5n34)c3c2n1-c1ccccc1S3(=O)=O.CCc1nc2ccc(-n3c4ccccc4c4c5ccccc5ccc43)c3c2n1-c1ccccc1S3(=O)=O.CCc1nc2ccc(/C=C/c3ccccc3)c3c2n1-c1ccccc1S3(=O)=O.[2H]c1c([2H])c([2H])c(-c2ccc(-c3ccc(-c4ccc5nc(CC)n6c5c4S(=O)(=O)c4ccccc4-6)cc3)cc2)c([2H])c1[2H]. The minimum atomic E-state index is -3.87. The fraction of sp³-hybridized carbons (Fsp3) is 0.0690. The van der Waals surface area contributed by atoms with Gasteiger partial charge < -0.3 is 4.57 Å². The Labute approximate surface area is 811 Å². The van der Waals surface area contributed by atoms with Gasteiger partial charge in [0.15, 0.2) is 0 Å². The van der Waals surface area contributed by atoms with Crippen LogP contribution in [0.25, 0.3) is 190 Å². The minimum Gasteiger partial charge on any atom is -0.308 e. The van der Waals surface area contributed by atoms with Gasteiger partial charge in [0.2, 0.25) is 39.3 Å². The molecule has 28 rings (SSSR count). The van der Waals surface area contributed by atoms with Crippen LogP contribution in [0.15, 0.2) is 403 Å². The third kappa shape index (κ3) is 12.9. The van der Waals surface area contributed by atoms with E-state index in [9.17, 15) is 33.7 Å². The number of nitrogens with zero attached hydrogens (tertiary/aromatic N) is 12. The molecule has 17 aromatic carbocycles. The first-order valence-corrected chi connectivity index (χ1v) is 52.0. The van der Waals surface area contributed by atoms with Crippen LogP contribution in [0.4, 0.5) is 0 Å². The average molecular weight is 1910 g/mol. The normalized spacial score (nSPS) is 14.5. The zero-order valence-electron chi connectivity index (χ0n) is 80.5. The molecule has 0 aliphatic carbocycles. The summed E-state index contributed by atoms with van der Waals surface area (Å²) >= 11 is 0. The van der Waals surface area contributed by atoms with Crippen LogP contribution in [0.3, 0.4) is 0 Å². The van der Waals surface area contributed by atoms with Gasteiger partial charge in [-0.15, -0.1) is 0 Å². The van der Waals surface area contributed by atoms with Gasteiger partial charge in [-0.05, 0) is 171 Å². The van der Waals surface area contributed by atoms with E-state index >= 15 is 0 Å². The number of fused-ring (bicyclic) bond motifs is 18. The molecule has 0 spiro atoms. The van der Waals surface area contributed by atoms with Crippen LogP contribution in [0.2, 0.25) is 0 Å². The Morgan fingerprint density at radius 1 is 0.279 bits per heavy atom. The number of aromatic nitrogens is 12. The number of aryl methyl sites for hydroxylation is 4. The molecule has 0 amide bonds. The second-order valence-electron chi connectivity index (χ2n) is 34.6. The van der Waals surface area contributed by atoms with Crippen LogP contribution in [0.5, 0.6) is 0 Å². The Balaban J connectivity index is 0.000000102. The highest BCUT2D eigenvalue weighted by molar-refractivity contribution is 7.93. The van der Waals surface area contributed by atoms with E-state index in [4.69, 9.17) is 36.8 Å². The number of hydrogen-bond donors (Lipinski definition) is 0. The van der Waals surface area contributed by atoms with E-state index in [1.165, 1.54) is 0 Å². The Bertz CT molecular complexity index is 10300. The van der Waals surface area contributed by atoms with Gasteiger partial charge in [0, 0.05) is 53.0 Å². The van der Waals surface area contributed by atoms with Crippen molar-refractivity contribution in [2.75, 3.05) is 0 Å². The maximum atomic E-state index is 14.3. The first-order valence-electron chi connectivity index (χ1n) is 48.6. The molecule has 0 radical (unpaired) electrons. The van der Waals surface area contributed by atoms with Crippen molar-refractivity contribution in [3.63, 3.8) is 0 Å². The average Bonchev–Trinajstić information content (AvgIpc) is 1.56. The Hall–Kier alpha value is -16.6. The van der Waals surface area contributed by atoms with E-state index in [1.54, 1.807) is 60.7 Å². The van der Waals surface area contributed by atoms with Crippen molar-refractivity contribution in [2.45, 2.75) is 92.5 Å². The van der Waals surface area contributed by atoms with Crippen molar-refractivity contribution in [3.05, 3.63) is 398 Å². The highest BCUT2D eigenvalue weighted by Gasteiger charge is 2.42. The number of imidazole rings is 5. The van der Waals surface area contributed by atoms with Gasteiger partial charge in [-0.1, -0.05) is 282 Å². The molecule has 0 fully saturated rings. The first kappa shape index (κ1) is 79.6. The molecule has 24 heteroatoms. The summed E-state index contributed by atoms with van der Waals surface area (Å²) in [6.07, 6.45) is 6.55. The third-order valence-corrected chi connectivity index (χ3v) is 34.4. The fourth-order valence-electron chi connectivity index (χ4n) is 20.8. The lowest BCUT2D eigenvalue weighted by Gasteiger charge is -2.23. The van der Waals surface area contributed by atoms with Crippen molar-refractivity contribution >= 4 is 156 Å². The molecule has 11 heterocycles. The Morgan fingerprint density at radius 2 is 0.686 bits per heavy atom. The van der Waals surface area contributed by atoms with Crippen molar-refractivity contribution in [1.29, 1.82) is 0 Å². The van der Waals surface area contributed by atoms with Gasteiger partial charge in [0.1, 0.15) is 54.4 Å². The van der Waals surface area contributed by atoms with E-state index in [2.05, 4.69) is 54.0 Å². The number of rotatable bonds is 11. The summed E-state index contributed by atoms with van der Waals surface area (Å²) < 4.78 is 165. The minimum absolute atomic E-state index is 0.158. The predicted molar refractivity (Wildman–Crippen MR) is 554 cm³/mol.